The van der Waals surface area contributed by atoms with Crippen molar-refractivity contribution >= 4 is 11.8 Å². The smallest absolute Gasteiger partial charge is 0.244 e. The van der Waals surface area contributed by atoms with Crippen LogP contribution in [0.4, 0.5) is 0 Å². The van der Waals surface area contributed by atoms with Crippen molar-refractivity contribution in [2.75, 3.05) is 27.2 Å². The van der Waals surface area contributed by atoms with Gasteiger partial charge in [-0.05, 0) is 36.5 Å². The lowest BCUT2D eigenvalue weighted by atomic mass is 9.79. The zero-order valence-corrected chi connectivity index (χ0v) is 18.9. The molecule has 1 fully saturated rings. The standard InChI is InChI=1S/C25H29N5O2/c1-19-7-9-21(10-8-19)22-6-4-5-20(13-22)14-25(24(32)28(2)3)11-12-29(16-25)23(31)15-30-18-26-17-27-30/h4-10,13,17-18H,11-12,14-16H2,1-3H3. The molecule has 4 rings (SSSR count). The minimum atomic E-state index is -0.632. The molecule has 2 heterocycles. The van der Waals surface area contributed by atoms with E-state index in [0.717, 1.165) is 16.7 Å². The summed E-state index contributed by atoms with van der Waals surface area (Å²) in [6, 6.07) is 16.8. The van der Waals surface area contributed by atoms with E-state index in [2.05, 4.69) is 59.5 Å². The van der Waals surface area contributed by atoms with Crippen LogP contribution in [0.1, 0.15) is 17.5 Å². The van der Waals surface area contributed by atoms with Gasteiger partial charge in [0.2, 0.25) is 11.8 Å². The Morgan fingerprint density at radius 3 is 2.56 bits per heavy atom. The number of aryl methyl sites for hydroxylation is 1. The highest BCUT2D eigenvalue weighted by atomic mass is 16.2. The highest BCUT2D eigenvalue weighted by molar-refractivity contribution is 5.85. The minimum Gasteiger partial charge on any atom is -0.348 e. The van der Waals surface area contributed by atoms with Gasteiger partial charge in [0, 0.05) is 27.2 Å². The van der Waals surface area contributed by atoms with Gasteiger partial charge in [-0.3, -0.25) is 9.59 Å². The summed E-state index contributed by atoms with van der Waals surface area (Å²) in [6.07, 6.45) is 4.18. The topological polar surface area (TPSA) is 71.3 Å². The molecule has 7 heteroatoms. The molecule has 1 aliphatic rings. The number of benzene rings is 2. The Morgan fingerprint density at radius 2 is 1.88 bits per heavy atom. The third-order valence-corrected chi connectivity index (χ3v) is 6.18. The van der Waals surface area contributed by atoms with E-state index in [9.17, 15) is 9.59 Å². The molecular formula is C25H29N5O2. The van der Waals surface area contributed by atoms with Crippen LogP contribution >= 0.6 is 0 Å². The molecule has 0 aliphatic carbocycles. The lowest BCUT2D eigenvalue weighted by molar-refractivity contribution is -0.139. The maximum atomic E-state index is 13.3. The molecule has 1 unspecified atom stereocenters. The minimum absolute atomic E-state index is 0.0441. The van der Waals surface area contributed by atoms with Gasteiger partial charge in [-0.15, -0.1) is 0 Å². The van der Waals surface area contributed by atoms with Gasteiger partial charge in [0.25, 0.3) is 0 Å². The third kappa shape index (κ3) is 4.56. The molecule has 1 saturated heterocycles. The molecule has 0 N–H and O–H groups in total. The van der Waals surface area contributed by atoms with Gasteiger partial charge in [0.1, 0.15) is 19.2 Å². The summed E-state index contributed by atoms with van der Waals surface area (Å²) < 4.78 is 1.52. The van der Waals surface area contributed by atoms with E-state index in [1.165, 1.54) is 22.9 Å². The first-order chi connectivity index (χ1) is 15.4. The Kier molecular flexibility index (Phi) is 6.08. The Bertz CT molecular complexity index is 1090. The quantitative estimate of drug-likeness (QED) is 0.602. The van der Waals surface area contributed by atoms with Crippen molar-refractivity contribution in [3.05, 3.63) is 72.3 Å². The van der Waals surface area contributed by atoms with E-state index >= 15 is 0 Å². The fourth-order valence-corrected chi connectivity index (χ4v) is 4.50. The SMILES string of the molecule is Cc1ccc(-c2cccc(CC3(C(=O)N(C)C)CCN(C(=O)Cn4cncn4)C3)c2)cc1. The fourth-order valence-electron chi connectivity index (χ4n) is 4.50. The molecule has 2 amide bonds. The van der Waals surface area contributed by atoms with E-state index in [4.69, 9.17) is 0 Å². The molecule has 1 atom stereocenters. The average Bonchev–Trinajstić information content (AvgIpc) is 3.44. The summed E-state index contributed by atoms with van der Waals surface area (Å²) >= 11 is 0. The zero-order chi connectivity index (χ0) is 22.7. The van der Waals surface area contributed by atoms with Crippen LogP contribution < -0.4 is 0 Å². The Morgan fingerprint density at radius 1 is 1.09 bits per heavy atom. The van der Waals surface area contributed by atoms with Crippen LogP contribution in [-0.2, 0) is 22.6 Å². The van der Waals surface area contributed by atoms with Crippen LogP contribution in [0, 0.1) is 12.3 Å². The van der Waals surface area contributed by atoms with E-state index in [0.29, 0.717) is 25.9 Å². The first kappa shape index (κ1) is 21.7. The number of carbonyl (C=O) groups is 2. The van der Waals surface area contributed by atoms with Gasteiger partial charge >= 0.3 is 0 Å². The fraction of sp³-hybridized carbons (Fsp3) is 0.360. The lowest BCUT2D eigenvalue weighted by Gasteiger charge is -2.31. The maximum Gasteiger partial charge on any atom is 0.244 e. The lowest BCUT2D eigenvalue weighted by Crippen LogP contribution is -2.45. The van der Waals surface area contributed by atoms with Crippen molar-refractivity contribution in [3.63, 3.8) is 0 Å². The first-order valence-corrected chi connectivity index (χ1v) is 10.8. The number of amides is 2. The van der Waals surface area contributed by atoms with E-state index in [1.807, 2.05) is 6.07 Å². The number of hydrogen-bond acceptors (Lipinski definition) is 4. The van der Waals surface area contributed by atoms with Crippen LogP contribution in [0.2, 0.25) is 0 Å². The molecule has 32 heavy (non-hydrogen) atoms. The second-order valence-electron chi connectivity index (χ2n) is 8.88. The van der Waals surface area contributed by atoms with Crippen LogP contribution in [0.15, 0.2) is 61.2 Å². The van der Waals surface area contributed by atoms with Crippen molar-refractivity contribution in [1.82, 2.24) is 24.6 Å². The van der Waals surface area contributed by atoms with Crippen molar-refractivity contribution in [2.45, 2.75) is 26.3 Å². The molecule has 0 bridgehead atoms. The van der Waals surface area contributed by atoms with Gasteiger partial charge in [0.15, 0.2) is 0 Å². The Labute approximate surface area is 188 Å². The van der Waals surface area contributed by atoms with Gasteiger partial charge in [-0.1, -0.05) is 54.1 Å². The summed E-state index contributed by atoms with van der Waals surface area (Å²) in [5.74, 6) is 0.0200. The van der Waals surface area contributed by atoms with Gasteiger partial charge in [-0.2, -0.15) is 5.10 Å². The highest BCUT2D eigenvalue weighted by Crippen LogP contribution is 2.37. The molecule has 166 valence electrons. The highest BCUT2D eigenvalue weighted by Gasteiger charge is 2.46. The molecule has 0 spiro atoms. The number of likely N-dealkylation sites (tertiary alicyclic amines) is 1. The maximum absolute atomic E-state index is 13.3. The summed E-state index contributed by atoms with van der Waals surface area (Å²) in [5, 5.41) is 4.02. The molecule has 0 radical (unpaired) electrons. The number of aromatic nitrogens is 3. The molecule has 2 aromatic carbocycles. The van der Waals surface area contributed by atoms with Crippen molar-refractivity contribution in [1.29, 1.82) is 0 Å². The van der Waals surface area contributed by atoms with Crippen molar-refractivity contribution < 1.29 is 9.59 Å². The van der Waals surface area contributed by atoms with Gasteiger partial charge in [-0.25, -0.2) is 9.67 Å². The van der Waals surface area contributed by atoms with Gasteiger partial charge in [0.05, 0.1) is 5.41 Å². The predicted octanol–water partition coefficient (Wildman–Crippen LogP) is 2.80. The number of carbonyl (C=O) groups excluding carboxylic acids is 2. The van der Waals surface area contributed by atoms with Crippen LogP contribution in [0.25, 0.3) is 11.1 Å². The summed E-state index contributed by atoms with van der Waals surface area (Å²) in [4.78, 5) is 33.5. The largest absolute Gasteiger partial charge is 0.348 e. The monoisotopic (exact) mass is 431 g/mol. The van der Waals surface area contributed by atoms with Crippen molar-refractivity contribution in [2.24, 2.45) is 5.41 Å². The van der Waals surface area contributed by atoms with Crippen LogP contribution in [0.5, 0.6) is 0 Å². The van der Waals surface area contributed by atoms with Crippen molar-refractivity contribution in [3.8, 4) is 11.1 Å². The molecule has 1 aromatic heterocycles. The van der Waals surface area contributed by atoms with Gasteiger partial charge < -0.3 is 9.80 Å². The molecule has 7 nitrogen and oxygen atoms in total. The van der Waals surface area contributed by atoms with E-state index < -0.39 is 5.41 Å². The number of hydrogen-bond donors (Lipinski definition) is 0. The second-order valence-corrected chi connectivity index (χ2v) is 8.88. The summed E-state index contributed by atoms with van der Waals surface area (Å²) in [5.41, 5.74) is 3.98. The summed E-state index contributed by atoms with van der Waals surface area (Å²) in [7, 11) is 3.57. The molecular weight excluding hydrogens is 402 g/mol. The number of nitrogens with zero attached hydrogens (tertiary/aromatic N) is 5. The third-order valence-electron chi connectivity index (χ3n) is 6.18. The second kappa shape index (κ2) is 8.94. The summed E-state index contributed by atoms with van der Waals surface area (Å²) in [6.45, 7) is 3.18. The Hall–Kier alpha value is -3.48. The molecule has 3 aromatic rings. The average molecular weight is 432 g/mol. The van der Waals surface area contributed by atoms with E-state index in [-0.39, 0.29) is 18.4 Å². The predicted molar refractivity (Wildman–Crippen MR) is 123 cm³/mol. The number of rotatable bonds is 6. The molecule has 1 aliphatic heterocycles. The molecule has 0 saturated carbocycles. The van der Waals surface area contributed by atoms with E-state index in [1.54, 1.807) is 23.9 Å². The normalized spacial score (nSPS) is 18.0. The van der Waals surface area contributed by atoms with Crippen LogP contribution in [-0.4, -0.2) is 63.6 Å². The zero-order valence-electron chi connectivity index (χ0n) is 18.9. The van der Waals surface area contributed by atoms with Crippen LogP contribution in [0.3, 0.4) is 0 Å². The first-order valence-electron chi connectivity index (χ1n) is 10.8. The Balaban J connectivity index is 1.56.